The first kappa shape index (κ1) is 32.0. The van der Waals surface area contributed by atoms with Gasteiger partial charge in [0.15, 0.2) is 0 Å². The standard InChI is InChI=1S/C12H9Cl.Al.4ClH.Cu/c13-12-9-5-4-8-11(12)10-6-2-1-3-7-10;;;;;;/h1-9H;;4*1H;/q;+3;;;;;+1/p-4. The Morgan fingerprint density at radius 2 is 1.05 bits per heavy atom. The van der Waals surface area contributed by atoms with E-state index in [-0.39, 0.29) is 84.1 Å². The molecule has 2 aromatic carbocycles. The summed E-state index contributed by atoms with van der Waals surface area (Å²) in [7, 11) is 0. The zero-order valence-electron chi connectivity index (χ0n) is 9.46. The van der Waals surface area contributed by atoms with Crippen LogP contribution < -0.4 is 49.6 Å². The quantitative estimate of drug-likeness (QED) is 0.402. The molecule has 2 rings (SSSR count). The van der Waals surface area contributed by atoms with Crippen molar-refractivity contribution in [1.29, 1.82) is 0 Å². The Bertz CT molecular complexity index is 414. The first-order valence-corrected chi connectivity index (χ1v) is 4.55. The Kier molecular flexibility index (Phi) is 28.7. The van der Waals surface area contributed by atoms with Crippen molar-refractivity contribution in [3.63, 3.8) is 0 Å². The Labute approximate surface area is 165 Å². The minimum atomic E-state index is 0. The van der Waals surface area contributed by atoms with E-state index in [1.54, 1.807) is 0 Å². The first-order valence-electron chi connectivity index (χ1n) is 4.18. The largest absolute Gasteiger partial charge is 3.00 e. The van der Waals surface area contributed by atoms with Crippen molar-refractivity contribution in [3.05, 3.63) is 59.6 Å². The van der Waals surface area contributed by atoms with Crippen LogP contribution in [0, 0.1) is 0 Å². The number of benzene rings is 2. The van der Waals surface area contributed by atoms with Crippen molar-refractivity contribution < 1.29 is 66.7 Å². The number of rotatable bonds is 1. The zero-order valence-corrected chi connectivity index (χ0v) is 15.3. The minimum absolute atomic E-state index is 0. The van der Waals surface area contributed by atoms with Crippen LogP contribution in [-0.4, -0.2) is 17.4 Å². The molecule has 0 spiro atoms. The molecule has 0 aliphatic rings. The van der Waals surface area contributed by atoms with Gasteiger partial charge in [0.2, 0.25) is 0 Å². The van der Waals surface area contributed by atoms with Crippen LogP contribution >= 0.6 is 11.6 Å². The molecular weight excluding hydrogens is 412 g/mol. The van der Waals surface area contributed by atoms with E-state index in [2.05, 4.69) is 12.1 Å². The average molecular weight is 421 g/mol. The third kappa shape index (κ3) is 9.48. The summed E-state index contributed by atoms with van der Waals surface area (Å²) in [6.07, 6.45) is 0. The molecule has 19 heavy (non-hydrogen) atoms. The second kappa shape index (κ2) is 17.0. The van der Waals surface area contributed by atoms with Crippen molar-refractivity contribution in [3.8, 4) is 11.1 Å². The van der Waals surface area contributed by atoms with Gasteiger partial charge < -0.3 is 49.6 Å². The monoisotopic (exact) mass is 418 g/mol. The summed E-state index contributed by atoms with van der Waals surface area (Å²) >= 11 is 6.06. The second-order valence-corrected chi connectivity index (χ2v) is 3.25. The van der Waals surface area contributed by atoms with Crippen molar-refractivity contribution in [2.24, 2.45) is 0 Å². The average Bonchev–Trinajstić information content (AvgIpc) is 2.20. The fourth-order valence-corrected chi connectivity index (χ4v) is 1.56. The molecule has 0 aliphatic carbocycles. The van der Waals surface area contributed by atoms with Crippen LogP contribution in [0.5, 0.6) is 0 Å². The molecule has 0 unspecified atom stereocenters. The molecular formula is C12H9AlCl5Cu. The topological polar surface area (TPSA) is 0 Å². The van der Waals surface area contributed by atoms with Crippen LogP contribution in [0.25, 0.3) is 11.1 Å². The van der Waals surface area contributed by atoms with Gasteiger partial charge in [-0.15, -0.1) is 0 Å². The summed E-state index contributed by atoms with van der Waals surface area (Å²) in [4.78, 5) is 0. The molecule has 0 aromatic heterocycles. The van der Waals surface area contributed by atoms with Crippen LogP contribution in [0.3, 0.4) is 0 Å². The van der Waals surface area contributed by atoms with Gasteiger partial charge in [0.25, 0.3) is 0 Å². The third-order valence-electron chi connectivity index (χ3n) is 1.96. The Morgan fingerprint density at radius 1 is 0.632 bits per heavy atom. The zero-order chi connectivity index (χ0) is 9.10. The first-order chi connectivity index (χ1) is 6.38. The number of halogens is 5. The number of hydrogen-bond donors (Lipinski definition) is 0. The van der Waals surface area contributed by atoms with E-state index in [9.17, 15) is 0 Å². The van der Waals surface area contributed by atoms with E-state index in [0.717, 1.165) is 16.1 Å². The molecule has 0 saturated heterocycles. The predicted molar refractivity (Wildman–Crippen MR) is 62.6 cm³/mol. The second-order valence-electron chi connectivity index (χ2n) is 2.85. The van der Waals surface area contributed by atoms with Crippen LogP contribution in [0.15, 0.2) is 54.6 Å². The Balaban J connectivity index is -0.000000109. The molecule has 0 atom stereocenters. The van der Waals surface area contributed by atoms with Crippen LogP contribution in [0.1, 0.15) is 0 Å². The van der Waals surface area contributed by atoms with E-state index in [4.69, 9.17) is 11.6 Å². The van der Waals surface area contributed by atoms with E-state index in [0.29, 0.717) is 0 Å². The summed E-state index contributed by atoms with van der Waals surface area (Å²) in [6, 6.07) is 18.0. The fraction of sp³-hybridized carbons (Fsp3) is 0. The van der Waals surface area contributed by atoms with E-state index < -0.39 is 0 Å². The van der Waals surface area contributed by atoms with Gasteiger partial charge in [-0.2, -0.15) is 0 Å². The van der Waals surface area contributed by atoms with Crippen molar-refractivity contribution in [2.75, 3.05) is 0 Å². The molecule has 0 fully saturated rings. The summed E-state index contributed by atoms with van der Waals surface area (Å²) in [5.74, 6) is 0. The molecule has 0 N–H and O–H groups in total. The summed E-state index contributed by atoms with van der Waals surface area (Å²) in [5, 5.41) is 0.800. The normalized spacial score (nSPS) is 6.79. The van der Waals surface area contributed by atoms with Crippen LogP contribution in [0.2, 0.25) is 5.02 Å². The summed E-state index contributed by atoms with van der Waals surface area (Å²) < 4.78 is 0. The SMILES string of the molecule is Clc1ccccc1-c1ccccc1.[Al+3].[Cl-].[Cl-].[Cl-].[Cl-].[Cu+]. The molecule has 0 heterocycles. The van der Waals surface area contributed by atoms with E-state index in [1.807, 2.05) is 42.5 Å². The van der Waals surface area contributed by atoms with Gasteiger partial charge >= 0.3 is 34.4 Å². The predicted octanol–water partition coefficient (Wildman–Crippen LogP) is -8.36. The minimum Gasteiger partial charge on any atom is -1.00 e. The molecule has 0 aliphatic heterocycles. The maximum atomic E-state index is 6.06. The van der Waals surface area contributed by atoms with Gasteiger partial charge in [-0.1, -0.05) is 60.1 Å². The van der Waals surface area contributed by atoms with Crippen molar-refractivity contribution in [2.45, 2.75) is 0 Å². The van der Waals surface area contributed by atoms with Gasteiger partial charge in [-0.25, -0.2) is 0 Å². The van der Waals surface area contributed by atoms with Gasteiger partial charge in [-0.3, -0.25) is 0 Å². The molecule has 7 heteroatoms. The smallest absolute Gasteiger partial charge is 1.00 e. The summed E-state index contributed by atoms with van der Waals surface area (Å²) in [6.45, 7) is 0. The van der Waals surface area contributed by atoms with E-state index >= 15 is 0 Å². The van der Waals surface area contributed by atoms with Crippen molar-refractivity contribution in [1.82, 2.24) is 0 Å². The Morgan fingerprint density at radius 3 is 1.53 bits per heavy atom. The molecule has 0 amide bonds. The number of hydrogen-bond acceptors (Lipinski definition) is 0. The van der Waals surface area contributed by atoms with Gasteiger partial charge in [0.1, 0.15) is 0 Å². The Hall–Kier alpha value is 0.942. The molecule has 0 nitrogen and oxygen atoms in total. The van der Waals surface area contributed by atoms with Gasteiger partial charge in [0.05, 0.1) is 0 Å². The molecule has 0 radical (unpaired) electrons. The molecule has 106 valence electrons. The fourth-order valence-electron chi connectivity index (χ4n) is 1.31. The van der Waals surface area contributed by atoms with Gasteiger partial charge in [-0.05, 0) is 11.6 Å². The maximum Gasteiger partial charge on any atom is 3.00 e. The van der Waals surface area contributed by atoms with Crippen LogP contribution in [0.4, 0.5) is 0 Å². The maximum absolute atomic E-state index is 6.06. The third-order valence-corrected chi connectivity index (χ3v) is 2.29. The van der Waals surface area contributed by atoms with Gasteiger partial charge in [0, 0.05) is 10.6 Å². The van der Waals surface area contributed by atoms with Crippen LogP contribution in [-0.2, 0) is 17.1 Å². The molecule has 0 bridgehead atoms. The van der Waals surface area contributed by atoms with E-state index in [1.165, 1.54) is 0 Å². The molecule has 2 aromatic rings. The summed E-state index contributed by atoms with van der Waals surface area (Å²) in [5.41, 5.74) is 2.25. The van der Waals surface area contributed by atoms with Crippen molar-refractivity contribution >= 4 is 29.0 Å². The molecule has 0 saturated carbocycles.